The zero-order valence-corrected chi connectivity index (χ0v) is 13.1. The Morgan fingerprint density at radius 3 is 2.33 bits per heavy atom. The van der Waals surface area contributed by atoms with Crippen LogP contribution in [-0.4, -0.2) is 32.2 Å². The zero-order valence-electron chi connectivity index (χ0n) is 13.1. The van der Waals surface area contributed by atoms with Crippen molar-refractivity contribution >= 4 is 12.6 Å². The summed E-state index contributed by atoms with van der Waals surface area (Å²) in [4.78, 5) is 0. The summed E-state index contributed by atoms with van der Waals surface area (Å²) < 4.78 is 22.1. The Morgan fingerprint density at radius 2 is 1.81 bits per heavy atom. The summed E-state index contributed by atoms with van der Waals surface area (Å²) in [6.07, 6.45) is 0. The Balaban J connectivity index is 2.25. The van der Waals surface area contributed by atoms with E-state index in [0.717, 1.165) is 5.46 Å². The lowest BCUT2D eigenvalue weighted by Crippen LogP contribution is -2.41. The van der Waals surface area contributed by atoms with Crippen LogP contribution >= 0.6 is 0 Å². The topological polar surface area (TPSA) is 60.7 Å². The van der Waals surface area contributed by atoms with E-state index in [4.69, 9.17) is 18.8 Å². The van der Waals surface area contributed by atoms with Gasteiger partial charge in [0.25, 0.3) is 0 Å². The van der Waals surface area contributed by atoms with E-state index in [-0.39, 0.29) is 6.79 Å². The van der Waals surface area contributed by atoms with Gasteiger partial charge in [-0.15, -0.1) is 0 Å². The molecule has 1 saturated heterocycles. The van der Waals surface area contributed by atoms with Crippen LogP contribution in [0.5, 0.6) is 5.75 Å². The van der Waals surface area contributed by atoms with Crippen molar-refractivity contribution in [2.24, 2.45) is 0 Å². The number of methoxy groups -OCH3 is 1. The number of nitriles is 1. The first-order valence-corrected chi connectivity index (χ1v) is 6.82. The molecule has 1 aliphatic rings. The van der Waals surface area contributed by atoms with Gasteiger partial charge in [-0.1, -0.05) is 6.07 Å². The average molecular weight is 289 g/mol. The third-order valence-corrected chi connectivity index (χ3v) is 3.98. The van der Waals surface area contributed by atoms with Gasteiger partial charge in [-0.2, -0.15) is 5.26 Å². The third-order valence-electron chi connectivity index (χ3n) is 3.98. The Morgan fingerprint density at radius 1 is 1.19 bits per heavy atom. The van der Waals surface area contributed by atoms with Gasteiger partial charge < -0.3 is 18.8 Å². The van der Waals surface area contributed by atoms with E-state index in [9.17, 15) is 5.26 Å². The van der Waals surface area contributed by atoms with Gasteiger partial charge in [0.2, 0.25) is 0 Å². The fourth-order valence-electron chi connectivity index (χ4n) is 2.01. The molecule has 0 aromatic heterocycles. The summed E-state index contributed by atoms with van der Waals surface area (Å²) in [7, 11) is 1.05. The van der Waals surface area contributed by atoms with Gasteiger partial charge in [0.1, 0.15) is 11.8 Å². The Hall–Kier alpha value is -1.55. The van der Waals surface area contributed by atoms with Crippen molar-refractivity contribution in [1.82, 2.24) is 0 Å². The molecule has 1 aromatic carbocycles. The highest BCUT2D eigenvalue weighted by atomic mass is 16.7. The van der Waals surface area contributed by atoms with E-state index in [2.05, 4.69) is 6.07 Å². The zero-order chi connectivity index (χ0) is 15.7. The number of hydrogen-bond donors (Lipinski definition) is 0. The lowest BCUT2D eigenvalue weighted by atomic mass is 9.78. The lowest BCUT2D eigenvalue weighted by Gasteiger charge is -2.32. The maximum atomic E-state index is 9.24. The molecule has 6 heteroatoms. The van der Waals surface area contributed by atoms with E-state index in [1.807, 2.05) is 33.8 Å². The Kier molecular flexibility index (Phi) is 4.29. The predicted molar refractivity (Wildman–Crippen MR) is 79.4 cm³/mol. The van der Waals surface area contributed by atoms with Crippen molar-refractivity contribution < 1.29 is 18.8 Å². The number of nitrogens with zero attached hydrogens (tertiary/aromatic N) is 1. The monoisotopic (exact) mass is 289 g/mol. The molecule has 0 bridgehead atoms. The van der Waals surface area contributed by atoms with E-state index in [1.165, 1.54) is 7.11 Å². The molecular formula is C15H20BNO4. The van der Waals surface area contributed by atoms with E-state index < -0.39 is 18.3 Å². The van der Waals surface area contributed by atoms with Crippen LogP contribution in [0.4, 0.5) is 0 Å². The van der Waals surface area contributed by atoms with Gasteiger partial charge in [0, 0.05) is 7.11 Å². The summed E-state index contributed by atoms with van der Waals surface area (Å²) in [5.74, 6) is 0.486. The van der Waals surface area contributed by atoms with Crippen molar-refractivity contribution in [3.63, 3.8) is 0 Å². The van der Waals surface area contributed by atoms with Crippen LogP contribution in [0.25, 0.3) is 0 Å². The quantitative estimate of drug-likeness (QED) is 0.625. The second kappa shape index (κ2) is 5.68. The normalized spacial score (nSPS) is 19.3. The number of benzene rings is 1. The molecule has 0 atom stereocenters. The minimum atomic E-state index is -0.487. The highest BCUT2D eigenvalue weighted by Gasteiger charge is 2.51. The summed E-state index contributed by atoms with van der Waals surface area (Å²) in [5, 5.41) is 9.24. The highest BCUT2D eigenvalue weighted by molar-refractivity contribution is 6.62. The molecule has 1 fully saturated rings. The van der Waals surface area contributed by atoms with Crippen molar-refractivity contribution in [1.29, 1.82) is 5.26 Å². The van der Waals surface area contributed by atoms with Gasteiger partial charge in [-0.3, -0.25) is 0 Å². The summed E-state index contributed by atoms with van der Waals surface area (Å²) in [6, 6.07) is 7.42. The van der Waals surface area contributed by atoms with Crippen molar-refractivity contribution in [3.8, 4) is 11.8 Å². The van der Waals surface area contributed by atoms with Crippen LogP contribution in [0, 0.1) is 11.3 Å². The van der Waals surface area contributed by atoms with E-state index in [1.54, 1.807) is 12.1 Å². The molecule has 21 heavy (non-hydrogen) atoms. The maximum absolute atomic E-state index is 9.24. The molecule has 1 aromatic rings. The first-order chi connectivity index (χ1) is 9.80. The van der Waals surface area contributed by atoms with E-state index in [0.29, 0.717) is 11.3 Å². The molecule has 112 valence electrons. The summed E-state index contributed by atoms with van der Waals surface area (Å²) in [6.45, 7) is 8.08. The minimum absolute atomic E-state index is 0.102. The molecule has 5 nitrogen and oxygen atoms in total. The second-order valence-corrected chi connectivity index (χ2v) is 6.01. The molecule has 0 radical (unpaired) electrons. The highest BCUT2D eigenvalue weighted by Crippen LogP contribution is 2.36. The molecule has 0 amide bonds. The fourth-order valence-corrected chi connectivity index (χ4v) is 2.01. The second-order valence-electron chi connectivity index (χ2n) is 6.01. The van der Waals surface area contributed by atoms with Crippen LogP contribution in [0.2, 0.25) is 0 Å². The number of ether oxygens (including phenoxy) is 2. The minimum Gasteiger partial charge on any atom is -0.466 e. The van der Waals surface area contributed by atoms with Gasteiger partial charge in [0.15, 0.2) is 6.79 Å². The van der Waals surface area contributed by atoms with Crippen molar-refractivity contribution in [3.05, 3.63) is 23.8 Å². The molecule has 1 aliphatic heterocycles. The van der Waals surface area contributed by atoms with Gasteiger partial charge in [0.05, 0.1) is 16.8 Å². The van der Waals surface area contributed by atoms with Gasteiger partial charge in [-0.05, 0) is 45.3 Å². The van der Waals surface area contributed by atoms with E-state index >= 15 is 0 Å². The smallest absolute Gasteiger partial charge is 0.466 e. The van der Waals surface area contributed by atoms with Gasteiger partial charge in [-0.25, -0.2) is 0 Å². The van der Waals surface area contributed by atoms with Crippen LogP contribution in [0.3, 0.4) is 0 Å². The molecule has 0 spiro atoms. The van der Waals surface area contributed by atoms with Crippen LogP contribution in [0.1, 0.15) is 33.3 Å². The average Bonchev–Trinajstić information content (AvgIpc) is 2.65. The third kappa shape index (κ3) is 3.05. The molecule has 0 unspecified atom stereocenters. The first kappa shape index (κ1) is 15.8. The SMILES string of the molecule is COCOc1ccc(B2OC(C)(C)C(C)(C)O2)cc1C#N. The van der Waals surface area contributed by atoms with Gasteiger partial charge >= 0.3 is 7.12 Å². The fraction of sp³-hybridized carbons (Fsp3) is 0.533. The van der Waals surface area contributed by atoms with Crippen LogP contribution in [-0.2, 0) is 14.0 Å². The molecule has 0 aliphatic carbocycles. The first-order valence-electron chi connectivity index (χ1n) is 6.82. The van der Waals surface area contributed by atoms with Crippen LogP contribution in [0.15, 0.2) is 18.2 Å². The maximum Gasteiger partial charge on any atom is 0.494 e. The molecule has 0 N–H and O–H groups in total. The number of hydrogen-bond acceptors (Lipinski definition) is 5. The Labute approximate surface area is 125 Å². The molecule has 2 rings (SSSR count). The number of rotatable bonds is 4. The predicted octanol–water partition coefficient (Wildman–Crippen LogP) is 1.84. The van der Waals surface area contributed by atoms with Crippen molar-refractivity contribution in [2.45, 2.75) is 38.9 Å². The molecular weight excluding hydrogens is 269 g/mol. The van der Waals surface area contributed by atoms with Crippen molar-refractivity contribution in [2.75, 3.05) is 13.9 Å². The summed E-state index contributed by atoms with van der Waals surface area (Å²) >= 11 is 0. The Bertz CT molecular complexity index is 549. The summed E-state index contributed by atoms with van der Waals surface area (Å²) in [5.41, 5.74) is 0.417. The lowest BCUT2D eigenvalue weighted by molar-refractivity contribution is 0.00578. The largest absolute Gasteiger partial charge is 0.494 e. The molecule has 0 saturated carbocycles. The molecule has 1 heterocycles. The standard InChI is InChI=1S/C15H20BNO4/c1-14(2)15(3,4)21-16(20-14)12-6-7-13(19-10-18-5)11(8-12)9-17/h6-8H,10H2,1-5H3. The van der Waals surface area contributed by atoms with Crippen LogP contribution < -0.4 is 10.2 Å².